The van der Waals surface area contributed by atoms with Gasteiger partial charge >= 0.3 is 0 Å². The van der Waals surface area contributed by atoms with Gasteiger partial charge in [0.2, 0.25) is 0 Å². The smallest absolute Gasteiger partial charge is 0.269 e. The highest BCUT2D eigenvalue weighted by molar-refractivity contribution is 7.85. The Morgan fingerprint density at radius 3 is 2.27 bits per heavy atom. The van der Waals surface area contributed by atoms with E-state index in [1.165, 1.54) is 0 Å². The summed E-state index contributed by atoms with van der Waals surface area (Å²) in [6, 6.07) is 1.87. The summed E-state index contributed by atoms with van der Waals surface area (Å²) in [6.07, 6.45) is 0. The van der Waals surface area contributed by atoms with E-state index in [4.69, 9.17) is 10.3 Å². The van der Waals surface area contributed by atoms with Gasteiger partial charge in [0.05, 0.1) is 0 Å². The number of rotatable bonds is 2. The summed E-state index contributed by atoms with van der Waals surface area (Å²) >= 11 is 0. The van der Waals surface area contributed by atoms with Crippen molar-refractivity contribution < 1.29 is 13.0 Å². The molecule has 1 aromatic rings. The number of nitrogens with two attached hydrogens (primary N) is 1. The molecule has 1 rings (SSSR count). The fourth-order valence-corrected chi connectivity index (χ4v) is 2.29. The predicted molar refractivity (Wildman–Crippen MR) is 60.3 cm³/mol. The van der Waals surface area contributed by atoms with Gasteiger partial charge in [-0.15, -0.1) is 0 Å². The number of benzene rings is 1. The average molecular weight is 229 g/mol. The standard InChI is InChI=1S/C10H15NO3S/c1-6-4-7(2)9(5-15(12,13)14)10(11)8(6)3/h4H,5,11H2,1-3H3,(H,12,13,14). The van der Waals surface area contributed by atoms with Gasteiger partial charge in [-0.3, -0.25) is 4.55 Å². The monoisotopic (exact) mass is 229 g/mol. The number of anilines is 1. The second-order valence-electron chi connectivity index (χ2n) is 3.75. The molecule has 0 fully saturated rings. The van der Waals surface area contributed by atoms with E-state index in [1.54, 1.807) is 6.92 Å². The van der Waals surface area contributed by atoms with E-state index in [-0.39, 0.29) is 0 Å². The summed E-state index contributed by atoms with van der Waals surface area (Å²) in [6.45, 7) is 5.52. The third kappa shape index (κ3) is 2.70. The van der Waals surface area contributed by atoms with Crippen LogP contribution in [0.1, 0.15) is 22.3 Å². The van der Waals surface area contributed by atoms with Crippen molar-refractivity contribution in [2.75, 3.05) is 5.73 Å². The molecular formula is C10H15NO3S. The summed E-state index contributed by atoms with van der Waals surface area (Å²) in [5.41, 5.74) is 9.42. The minimum atomic E-state index is -4.03. The highest BCUT2D eigenvalue weighted by Gasteiger charge is 2.14. The van der Waals surface area contributed by atoms with Crippen LogP contribution < -0.4 is 5.73 Å². The van der Waals surface area contributed by atoms with Crippen molar-refractivity contribution in [2.45, 2.75) is 26.5 Å². The molecule has 0 aliphatic carbocycles. The molecule has 0 aromatic heterocycles. The zero-order chi connectivity index (χ0) is 11.8. The van der Waals surface area contributed by atoms with Crippen molar-refractivity contribution in [1.82, 2.24) is 0 Å². The van der Waals surface area contributed by atoms with Crippen LogP contribution >= 0.6 is 0 Å². The Kier molecular flexibility index (Phi) is 3.06. The van der Waals surface area contributed by atoms with E-state index in [2.05, 4.69) is 0 Å². The van der Waals surface area contributed by atoms with Crippen molar-refractivity contribution in [3.8, 4) is 0 Å². The van der Waals surface area contributed by atoms with Crippen LogP contribution in [0.5, 0.6) is 0 Å². The van der Waals surface area contributed by atoms with E-state index in [1.807, 2.05) is 19.9 Å². The zero-order valence-electron chi connectivity index (χ0n) is 9.03. The van der Waals surface area contributed by atoms with Crippen molar-refractivity contribution in [1.29, 1.82) is 0 Å². The number of nitrogen functional groups attached to an aromatic ring is 1. The molecule has 0 spiro atoms. The van der Waals surface area contributed by atoms with Gasteiger partial charge in [0.1, 0.15) is 5.75 Å². The summed E-state index contributed by atoms with van der Waals surface area (Å²) in [4.78, 5) is 0. The number of aryl methyl sites for hydroxylation is 2. The van der Waals surface area contributed by atoms with Gasteiger partial charge < -0.3 is 5.73 Å². The fraction of sp³-hybridized carbons (Fsp3) is 0.400. The lowest BCUT2D eigenvalue weighted by Crippen LogP contribution is -2.08. The molecule has 0 amide bonds. The van der Waals surface area contributed by atoms with Crippen LogP contribution in [0, 0.1) is 20.8 Å². The van der Waals surface area contributed by atoms with E-state index in [0.29, 0.717) is 11.3 Å². The first-order chi connectivity index (χ1) is 6.72. The second kappa shape index (κ2) is 3.83. The fourth-order valence-electron chi connectivity index (χ4n) is 1.55. The van der Waals surface area contributed by atoms with Crippen LogP contribution in [-0.2, 0) is 15.9 Å². The molecule has 0 saturated heterocycles. The lowest BCUT2D eigenvalue weighted by Gasteiger charge is -2.13. The molecule has 0 saturated carbocycles. The molecule has 15 heavy (non-hydrogen) atoms. The highest BCUT2D eigenvalue weighted by atomic mass is 32.2. The van der Waals surface area contributed by atoms with Crippen molar-refractivity contribution in [2.24, 2.45) is 0 Å². The third-order valence-electron chi connectivity index (χ3n) is 2.56. The molecule has 0 aliphatic heterocycles. The number of hydrogen-bond acceptors (Lipinski definition) is 3. The maximum absolute atomic E-state index is 10.8. The maximum Gasteiger partial charge on any atom is 0.269 e. The minimum Gasteiger partial charge on any atom is -0.398 e. The van der Waals surface area contributed by atoms with Gasteiger partial charge in [0.15, 0.2) is 0 Å². The van der Waals surface area contributed by atoms with Crippen LogP contribution in [0.4, 0.5) is 5.69 Å². The molecule has 84 valence electrons. The minimum absolute atomic E-state index is 0.425. The van der Waals surface area contributed by atoms with Gasteiger partial charge in [-0.2, -0.15) is 8.42 Å². The second-order valence-corrected chi connectivity index (χ2v) is 5.21. The van der Waals surface area contributed by atoms with Crippen molar-refractivity contribution >= 4 is 15.8 Å². The van der Waals surface area contributed by atoms with Crippen molar-refractivity contribution in [3.05, 3.63) is 28.3 Å². The topological polar surface area (TPSA) is 80.4 Å². The van der Waals surface area contributed by atoms with Gasteiger partial charge in [-0.1, -0.05) is 6.07 Å². The zero-order valence-corrected chi connectivity index (χ0v) is 9.85. The molecule has 5 heteroatoms. The third-order valence-corrected chi connectivity index (χ3v) is 3.21. The normalized spacial score (nSPS) is 11.7. The Morgan fingerprint density at radius 2 is 1.80 bits per heavy atom. The van der Waals surface area contributed by atoms with Gasteiger partial charge in [-0.05, 0) is 43.0 Å². The average Bonchev–Trinajstić information content (AvgIpc) is 2.07. The van der Waals surface area contributed by atoms with Crippen LogP contribution in [0.15, 0.2) is 6.07 Å². The molecule has 1 aromatic carbocycles. The van der Waals surface area contributed by atoms with Gasteiger partial charge in [0.25, 0.3) is 10.1 Å². The highest BCUT2D eigenvalue weighted by Crippen LogP contribution is 2.25. The van der Waals surface area contributed by atoms with Crippen LogP contribution in [0.25, 0.3) is 0 Å². The van der Waals surface area contributed by atoms with Crippen molar-refractivity contribution in [3.63, 3.8) is 0 Å². The molecule has 4 nitrogen and oxygen atoms in total. The van der Waals surface area contributed by atoms with E-state index in [9.17, 15) is 8.42 Å². The Morgan fingerprint density at radius 1 is 1.27 bits per heavy atom. The van der Waals surface area contributed by atoms with E-state index < -0.39 is 15.9 Å². The Bertz CT molecular complexity index is 492. The molecule has 0 aliphatic rings. The summed E-state index contributed by atoms with van der Waals surface area (Å²) in [7, 11) is -4.03. The first kappa shape index (κ1) is 12.0. The largest absolute Gasteiger partial charge is 0.398 e. The van der Waals surface area contributed by atoms with Gasteiger partial charge in [0, 0.05) is 5.69 Å². The lowest BCUT2D eigenvalue weighted by atomic mass is 9.99. The summed E-state index contributed by atoms with van der Waals surface area (Å²) < 4.78 is 30.4. The molecule has 0 radical (unpaired) electrons. The molecular weight excluding hydrogens is 214 g/mol. The van der Waals surface area contributed by atoms with E-state index in [0.717, 1.165) is 16.7 Å². The van der Waals surface area contributed by atoms with Crippen LogP contribution in [0.3, 0.4) is 0 Å². The van der Waals surface area contributed by atoms with Crippen LogP contribution in [-0.4, -0.2) is 13.0 Å². The predicted octanol–water partition coefficient (Wildman–Crippen LogP) is 1.58. The summed E-state index contributed by atoms with van der Waals surface area (Å²) in [5, 5.41) is 0. The Balaban J connectivity index is 3.37. The maximum atomic E-state index is 10.8. The molecule has 0 atom stereocenters. The van der Waals surface area contributed by atoms with Gasteiger partial charge in [-0.25, -0.2) is 0 Å². The first-order valence-corrected chi connectivity index (χ1v) is 6.13. The molecule has 0 unspecified atom stereocenters. The molecule has 3 N–H and O–H groups in total. The van der Waals surface area contributed by atoms with Crippen LogP contribution in [0.2, 0.25) is 0 Å². The number of hydrogen-bond donors (Lipinski definition) is 2. The lowest BCUT2D eigenvalue weighted by molar-refractivity contribution is 0.482. The Hall–Kier alpha value is -1.07. The molecule has 0 heterocycles. The first-order valence-electron chi connectivity index (χ1n) is 4.52. The Labute approximate surface area is 89.9 Å². The summed E-state index contributed by atoms with van der Waals surface area (Å²) in [5.74, 6) is -0.425. The molecule has 0 bridgehead atoms. The SMILES string of the molecule is Cc1cc(C)c(CS(=O)(=O)O)c(N)c1C. The quantitative estimate of drug-likeness (QED) is 0.596. The van der Waals surface area contributed by atoms with E-state index >= 15 is 0 Å².